The lowest BCUT2D eigenvalue weighted by Crippen LogP contribution is -2.38. The van der Waals surface area contributed by atoms with Crippen LogP contribution in [0.3, 0.4) is 0 Å². The van der Waals surface area contributed by atoms with Crippen molar-refractivity contribution in [3.63, 3.8) is 0 Å². The number of likely N-dealkylation sites (tertiary alicyclic amines) is 1. The van der Waals surface area contributed by atoms with Gasteiger partial charge in [-0.1, -0.05) is 19.1 Å². The van der Waals surface area contributed by atoms with Crippen molar-refractivity contribution in [1.82, 2.24) is 4.90 Å². The fourth-order valence-electron chi connectivity index (χ4n) is 2.34. The first-order valence-corrected chi connectivity index (χ1v) is 6.50. The van der Waals surface area contributed by atoms with Gasteiger partial charge in [-0.3, -0.25) is 0 Å². The molecule has 0 atom stereocenters. The average Bonchev–Trinajstić information content (AvgIpc) is 2.40. The Morgan fingerprint density at radius 3 is 2.41 bits per heavy atom. The number of nitrogens with zero attached hydrogens (tertiary/aromatic N) is 1. The summed E-state index contributed by atoms with van der Waals surface area (Å²) < 4.78 is 0. The van der Waals surface area contributed by atoms with Crippen LogP contribution < -0.4 is 5.32 Å². The van der Waals surface area contributed by atoms with Gasteiger partial charge < -0.3 is 15.3 Å². The first-order chi connectivity index (χ1) is 8.31. The number of rotatable bonds is 4. The Morgan fingerprint density at radius 1 is 1.24 bits per heavy atom. The molecule has 0 aromatic heterocycles. The summed E-state index contributed by atoms with van der Waals surface area (Å²) in [7, 11) is 0. The van der Waals surface area contributed by atoms with Gasteiger partial charge in [0.1, 0.15) is 0 Å². The lowest BCUT2D eigenvalue weighted by molar-refractivity contribution is 0.229. The number of hydrogen-bond acceptors (Lipinski definition) is 3. The van der Waals surface area contributed by atoms with E-state index in [1.807, 2.05) is 12.1 Å². The van der Waals surface area contributed by atoms with E-state index in [-0.39, 0.29) is 6.61 Å². The highest BCUT2D eigenvalue weighted by Gasteiger charge is 2.17. The minimum absolute atomic E-state index is 0.120. The van der Waals surface area contributed by atoms with Crippen LogP contribution in [0.5, 0.6) is 0 Å². The first kappa shape index (κ1) is 12.4. The molecule has 1 heterocycles. The van der Waals surface area contributed by atoms with Gasteiger partial charge in [0.2, 0.25) is 0 Å². The standard InChI is InChI=1S/C14H22N2O/c1-2-16-9-7-14(8-10-16)15-13-5-3-12(11-17)4-6-13/h3-6,14-15,17H,2,7-11H2,1H3. The largest absolute Gasteiger partial charge is 0.392 e. The minimum Gasteiger partial charge on any atom is -0.392 e. The van der Waals surface area contributed by atoms with Gasteiger partial charge in [-0.15, -0.1) is 0 Å². The van der Waals surface area contributed by atoms with E-state index < -0.39 is 0 Å². The Bertz CT molecular complexity index is 329. The molecule has 2 rings (SSSR count). The van der Waals surface area contributed by atoms with E-state index in [2.05, 4.69) is 29.3 Å². The van der Waals surface area contributed by atoms with Gasteiger partial charge in [-0.2, -0.15) is 0 Å². The monoisotopic (exact) mass is 234 g/mol. The third-order valence-corrected chi connectivity index (χ3v) is 3.54. The van der Waals surface area contributed by atoms with Gasteiger partial charge >= 0.3 is 0 Å². The molecule has 17 heavy (non-hydrogen) atoms. The third kappa shape index (κ3) is 3.45. The Labute approximate surface area is 103 Å². The zero-order chi connectivity index (χ0) is 12.1. The maximum Gasteiger partial charge on any atom is 0.0681 e. The van der Waals surface area contributed by atoms with E-state index in [9.17, 15) is 0 Å². The lowest BCUT2D eigenvalue weighted by atomic mass is 10.0. The predicted molar refractivity (Wildman–Crippen MR) is 71.1 cm³/mol. The second-order valence-electron chi connectivity index (χ2n) is 4.71. The number of hydrogen-bond donors (Lipinski definition) is 2. The molecule has 0 aliphatic carbocycles. The van der Waals surface area contributed by atoms with Crippen LogP contribution >= 0.6 is 0 Å². The number of aliphatic hydroxyl groups is 1. The smallest absolute Gasteiger partial charge is 0.0681 e. The summed E-state index contributed by atoms with van der Waals surface area (Å²) in [6.07, 6.45) is 2.44. The molecule has 0 spiro atoms. The number of aliphatic hydroxyl groups excluding tert-OH is 1. The van der Waals surface area contributed by atoms with Crippen molar-refractivity contribution in [3.8, 4) is 0 Å². The maximum absolute atomic E-state index is 8.98. The molecule has 1 aliphatic rings. The number of anilines is 1. The van der Waals surface area contributed by atoms with Gasteiger partial charge in [0.15, 0.2) is 0 Å². The molecular weight excluding hydrogens is 212 g/mol. The molecule has 1 fully saturated rings. The van der Waals surface area contributed by atoms with Crippen molar-refractivity contribution < 1.29 is 5.11 Å². The third-order valence-electron chi connectivity index (χ3n) is 3.54. The van der Waals surface area contributed by atoms with Crippen LogP contribution in [0.1, 0.15) is 25.3 Å². The van der Waals surface area contributed by atoms with Crippen molar-refractivity contribution in [1.29, 1.82) is 0 Å². The normalized spacial score (nSPS) is 18.2. The van der Waals surface area contributed by atoms with Crippen LogP contribution in [0.15, 0.2) is 24.3 Å². The predicted octanol–water partition coefficient (Wildman–Crippen LogP) is 2.08. The van der Waals surface area contributed by atoms with Crippen LogP contribution in [0.2, 0.25) is 0 Å². The summed E-state index contributed by atoms with van der Waals surface area (Å²) in [6, 6.07) is 8.65. The van der Waals surface area contributed by atoms with Crippen LogP contribution in [-0.2, 0) is 6.61 Å². The fourth-order valence-corrected chi connectivity index (χ4v) is 2.34. The van der Waals surface area contributed by atoms with Crippen molar-refractivity contribution in [2.45, 2.75) is 32.4 Å². The Morgan fingerprint density at radius 2 is 1.88 bits per heavy atom. The summed E-state index contributed by atoms with van der Waals surface area (Å²) in [4.78, 5) is 2.49. The van der Waals surface area contributed by atoms with Crippen molar-refractivity contribution in [3.05, 3.63) is 29.8 Å². The molecule has 3 nitrogen and oxygen atoms in total. The molecule has 0 radical (unpaired) electrons. The summed E-state index contributed by atoms with van der Waals surface area (Å²) in [6.45, 7) is 5.90. The number of benzene rings is 1. The second kappa shape index (κ2) is 6.03. The summed E-state index contributed by atoms with van der Waals surface area (Å²) in [5.74, 6) is 0. The van der Waals surface area contributed by atoms with Crippen molar-refractivity contribution >= 4 is 5.69 Å². The quantitative estimate of drug-likeness (QED) is 0.837. The van der Waals surface area contributed by atoms with Gasteiger partial charge in [-0.05, 0) is 37.1 Å². The van der Waals surface area contributed by atoms with Crippen LogP contribution in [0.25, 0.3) is 0 Å². The first-order valence-electron chi connectivity index (χ1n) is 6.50. The number of piperidine rings is 1. The van der Waals surface area contributed by atoms with E-state index >= 15 is 0 Å². The van der Waals surface area contributed by atoms with Crippen LogP contribution in [-0.4, -0.2) is 35.7 Å². The molecule has 0 amide bonds. The zero-order valence-corrected chi connectivity index (χ0v) is 10.5. The Hall–Kier alpha value is -1.06. The second-order valence-corrected chi connectivity index (χ2v) is 4.71. The van der Waals surface area contributed by atoms with E-state index in [0.717, 1.165) is 17.8 Å². The lowest BCUT2D eigenvalue weighted by Gasteiger charge is -2.32. The molecule has 1 aliphatic heterocycles. The van der Waals surface area contributed by atoms with E-state index in [4.69, 9.17) is 5.11 Å². The minimum atomic E-state index is 0.120. The van der Waals surface area contributed by atoms with E-state index in [0.29, 0.717) is 6.04 Å². The molecule has 3 heteroatoms. The summed E-state index contributed by atoms with van der Waals surface area (Å²) in [5, 5.41) is 12.5. The highest BCUT2D eigenvalue weighted by Crippen LogP contribution is 2.17. The SMILES string of the molecule is CCN1CCC(Nc2ccc(CO)cc2)CC1. The Kier molecular flexibility index (Phi) is 4.40. The van der Waals surface area contributed by atoms with E-state index in [1.165, 1.54) is 25.9 Å². The maximum atomic E-state index is 8.98. The molecule has 94 valence electrons. The molecule has 1 aromatic carbocycles. The number of nitrogens with one attached hydrogen (secondary N) is 1. The van der Waals surface area contributed by atoms with Crippen molar-refractivity contribution in [2.75, 3.05) is 25.0 Å². The van der Waals surface area contributed by atoms with Crippen LogP contribution in [0, 0.1) is 0 Å². The molecular formula is C14H22N2O. The fraction of sp³-hybridized carbons (Fsp3) is 0.571. The summed E-state index contributed by atoms with van der Waals surface area (Å²) in [5.41, 5.74) is 2.13. The van der Waals surface area contributed by atoms with Gasteiger partial charge in [0, 0.05) is 24.8 Å². The van der Waals surface area contributed by atoms with Gasteiger partial charge in [0.05, 0.1) is 6.61 Å². The Balaban J connectivity index is 1.84. The topological polar surface area (TPSA) is 35.5 Å². The molecule has 0 unspecified atom stereocenters. The molecule has 0 saturated carbocycles. The van der Waals surface area contributed by atoms with E-state index in [1.54, 1.807) is 0 Å². The van der Waals surface area contributed by atoms with Gasteiger partial charge in [-0.25, -0.2) is 0 Å². The zero-order valence-electron chi connectivity index (χ0n) is 10.5. The highest BCUT2D eigenvalue weighted by atomic mass is 16.3. The summed E-state index contributed by atoms with van der Waals surface area (Å²) >= 11 is 0. The molecule has 0 bridgehead atoms. The molecule has 2 N–H and O–H groups in total. The van der Waals surface area contributed by atoms with Crippen LogP contribution in [0.4, 0.5) is 5.69 Å². The highest BCUT2D eigenvalue weighted by molar-refractivity contribution is 5.45. The average molecular weight is 234 g/mol. The van der Waals surface area contributed by atoms with Gasteiger partial charge in [0.25, 0.3) is 0 Å². The molecule has 1 aromatic rings. The van der Waals surface area contributed by atoms with Crippen molar-refractivity contribution in [2.24, 2.45) is 0 Å². The molecule has 1 saturated heterocycles.